The van der Waals surface area contributed by atoms with Gasteiger partial charge in [0.25, 0.3) is 10.0 Å². The minimum atomic E-state index is -3.60. The van der Waals surface area contributed by atoms with Crippen molar-refractivity contribution in [2.45, 2.75) is 48.9 Å². The molecule has 0 aromatic carbocycles. The van der Waals surface area contributed by atoms with E-state index in [0.717, 1.165) is 25.7 Å². The average molecular weight is 318 g/mol. The number of sulfonamides is 1. The van der Waals surface area contributed by atoms with E-state index in [1.165, 1.54) is 0 Å². The number of aryl methyl sites for hydroxylation is 1. The van der Waals surface area contributed by atoms with E-state index in [4.69, 9.17) is 5.73 Å². The molecule has 0 bridgehead atoms. The molecule has 0 atom stereocenters. The highest BCUT2D eigenvalue weighted by atomic mass is 32.2. The highest BCUT2D eigenvalue weighted by molar-refractivity contribution is 8.00. The van der Waals surface area contributed by atoms with Crippen LogP contribution in [-0.2, 0) is 16.6 Å². The van der Waals surface area contributed by atoms with Crippen LogP contribution in [0, 0.1) is 6.92 Å². The zero-order valence-electron chi connectivity index (χ0n) is 11.9. The quantitative estimate of drug-likeness (QED) is 0.730. The number of nitrogens with two attached hydrogens (primary N) is 1. The largest absolute Gasteiger partial charge is 0.326 e. The van der Waals surface area contributed by atoms with Crippen LogP contribution < -0.4 is 10.5 Å². The monoisotopic (exact) mass is 318 g/mol. The van der Waals surface area contributed by atoms with E-state index >= 15 is 0 Å². The van der Waals surface area contributed by atoms with Gasteiger partial charge in [-0.3, -0.25) is 5.10 Å². The molecule has 1 aromatic rings. The molecule has 1 aliphatic rings. The molecule has 6 nitrogen and oxygen atoms in total. The van der Waals surface area contributed by atoms with Crippen molar-refractivity contribution in [3.05, 3.63) is 11.3 Å². The predicted molar refractivity (Wildman–Crippen MR) is 81.1 cm³/mol. The summed E-state index contributed by atoms with van der Waals surface area (Å²) in [5.41, 5.74) is 6.87. The van der Waals surface area contributed by atoms with Crippen molar-refractivity contribution in [1.29, 1.82) is 0 Å². The van der Waals surface area contributed by atoms with E-state index in [1.54, 1.807) is 18.7 Å². The third-order valence-electron chi connectivity index (χ3n) is 4.03. The number of hydrogen-bond donors (Lipinski definition) is 3. The van der Waals surface area contributed by atoms with Gasteiger partial charge in [0.15, 0.2) is 5.03 Å². The van der Waals surface area contributed by atoms with Crippen molar-refractivity contribution in [3.63, 3.8) is 0 Å². The van der Waals surface area contributed by atoms with Gasteiger partial charge in [0, 0.05) is 29.1 Å². The molecule has 1 aromatic heterocycles. The first kappa shape index (κ1) is 15.8. The Morgan fingerprint density at radius 2 is 2.10 bits per heavy atom. The van der Waals surface area contributed by atoms with Crippen LogP contribution in [0.1, 0.15) is 36.9 Å². The first-order valence-electron chi connectivity index (χ1n) is 6.73. The number of nitrogens with one attached hydrogen (secondary N) is 2. The summed E-state index contributed by atoms with van der Waals surface area (Å²) in [5, 5.41) is 6.62. The molecular weight excluding hydrogens is 296 g/mol. The van der Waals surface area contributed by atoms with Crippen molar-refractivity contribution in [3.8, 4) is 0 Å². The minimum absolute atomic E-state index is 0.0291. The molecule has 0 aliphatic heterocycles. The Labute approximate surface area is 124 Å². The van der Waals surface area contributed by atoms with Gasteiger partial charge in [0.2, 0.25) is 0 Å². The second-order valence-corrected chi connectivity index (χ2v) is 8.21. The van der Waals surface area contributed by atoms with Gasteiger partial charge in [-0.25, -0.2) is 13.1 Å². The van der Waals surface area contributed by atoms with Crippen molar-refractivity contribution in [2.75, 3.05) is 12.8 Å². The van der Waals surface area contributed by atoms with E-state index in [0.29, 0.717) is 17.8 Å². The molecule has 0 saturated heterocycles. The maximum absolute atomic E-state index is 12.4. The van der Waals surface area contributed by atoms with E-state index < -0.39 is 10.0 Å². The van der Waals surface area contributed by atoms with Crippen molar-refractivity contribution >= 4 is 21.8 Å². The number of aromatic nitrogens is 2. The molecule has 114 valence electrons. The summed E-state index contributed by atoms with van der Waals surface area (Å²) in [6.45, 7) is 2.38. The molecule has 1 saturated carbocycles. The Morgan fingerprint density at radius 1 is 1.45 bits per heavy atom. The zero-order chi connectivity index (χ0) is 14.8. The lowest BCUT2D eigenvalue weighted by atomic mass is 10.1. The smallest absolute Gasteiger partial charge is 0.260 e. The van der Waals surface area contributed by atoms with E-state index in [2.05, 4.69) is 14.9 Å². The standard InChI is InChI=1S/C12H22N4O2S2/c1-9-10(7-13)11(16-15-9)20(17,18)14-8-12(19-2)5-3-4-6-12/h14H,3-8,13H2,1-2H3,(H,15,16). The SMILES string of the molecule is CSC1(CNS(=O)(=O)c2n[nH]c(C)c2CN)CCCC1. The zero-order valence-corrected chi connectivity index (χ0v) is 13.5. The Bertz CT molecular complexity index is 562. The molecule has 4 N–H and O–H groups in total. The lowest BCUT2D eigenvalue weighted by molar-refractivity contribution is 0.547. The lowest BCUT2D eigenvalue weighted by Crippen LogP contribution is -2.38. The van der Waals surface area contributed by atoms with Crippen LogP contribution in [0.2, 0.25) is 0 Å². The number of aromatic amines is 1. The fourth-order valence-corrected chi connectivity index (χ4v) is 4.99. The molecule has 1 aliphatic carbocycles. The predicted octanol–water partition coefficient (Wildman–Crippen LogP) is 1.13. The summed E-state index contributed by atoms with van der Waals surface area (Å²) >= 11 is 1.75. The fraction of sp³-hybridized carbons (Fsp3) is 0.750. The van der Waals surface area contributed by atoms with E-state index in [1.807, 2.05) is 6.26 Å². The van der Waals surface area contributed by atoms with Gasteiger partial charge in [-0.05, 0) is 26.0 Å². The summed E-state index contributed by atoms with van der Waals surface area (Å²) in [7, 11) is -3.60. The van der Waals surface area contributed by atoms with Gasteiger partial charge in [-0.15, -0.1) is 0 Å². The second kappa shape index (κ2) is 6.05. The van der Waals surface area contributed by atoms with Crippen LogP contribution in [0.15, 0.2) is 5.03 Å². The molecule has 8 heteroatoms. The number of H-pyrrole nitrogens is 1. The summed E-state index contributed by atoms with van der Waals surface area (Å²) in [5.74, 6) is 0. The van der Waals surface area contributed by atoms with Crippen molar-refractivity contribution in [2.24, 2.45) is 5.73 Å². The fourth-order valence-electron chi connectivity index (χ4n) is 2.66. The number of rotatable bonds is 6. The number of thioether (sulfide) groups is 1. The van der Waals surface area contributed by atoms with Gasteiger partial charge < -0.3 is 5.73 Å². The number of nitrogens with zero attached hydrogens (tertiary/aromatic N) is 1. The third kappa shape index (κ3) is 3.03. The van der Waals surface area contributed by atoms with Gasteiger partial charge in [0.1, 0.15) is 0 Å². The average Bonchev–Trinajstić information content (AvgIpc) is 3.04. The van der Waals surface area contributed by atoms with Gasteiger partial charge >= 0.3 is 0 Å². The van der Waals surface area contributed by atoms with Gasteiger partial charge in [-0.1, -0.05) is 12.8 Å². The molecular formula is C12H22N4O2S2. The molecule has 1 fully saturated rings. The Kier molecular flexibility index (Phi) is 4.78. The summed E-state index contributed by atoms with van der Waals surface area (Å²) in [4.78, 5) is 0. The normalized spacial score (nSPS) is 18.6. The third-order valence-corrected chi connectivity index (χ3v) is 6.82. The molecule has 2 rings (SSSR count). The van der Waals surface area contributed by atoms with Crippen LogP contribution >= 0.6 is 11.8 Å². The lowest BCUT2D eigenvalue weighted by Gasteiger charge is -2.26. The summed E-state index contributed by atoms with van der Waals surface area (Å²) < 4.78 is 27.5. The van der Waals surface area contributed by atoms with Crippen molar-refractivity contribution in [1.82, 2.24) is 14.9 Å². The molecule has 20 heavy (non-hydrogen) atoms. The van der Waals surface area contributed by atoms with Crippen LogP contribution in [0.4, 0.5) is 0 Å². The van der Waals surface area contributed by atoms with Crippen LogP contribution in [0.3, 0.4) is 0 Å². The van der Waals surface area contributed by atoms with Crippen LogP contribution in [0.5, 0.6) is 0 Å². The highest BCUT2D eigenvalue weighted by Crippen LogP contribution is 2.39. The van der Waals surface area contributed by atoms with E-state index in [-0.39, 0.29) is 16.3 Å². The van der Waals surface area contributed by atoms with Crippen LogP contribution in [0.25, 0.3) is 0 Å². The Balaban J connectivity index is 2.15. The second-order valence-electron chi connectivity index (χ2n) is 5.26. The molecule has 0 radical (unpaired) electrons. The minimum Gasteiger partial charge on any atom is -0.326 e. The summed E-state index contributed by atoms with van der Waals surface area (Å²) in [6, 6.07) is 0. The van der Waals surface area contributed by atoms with E-state index in [9.17, 15) is 8.42 Å². The Morgan fingerprint density at radius 3 is 2.65 bits per heavy atom. The van der Waals surface area contributed by atoms with Crippen molar-refractivity contribution < 1.29 is 8.42 Å². The summed E-state index contributed by atoms with van der Waals surface area (Å²) in [6.07, 6.45) is 6.49. The molecule has 0 spiro atoms. The van der Waals surface area contributed by atoms with Crippen LogP contribution in [-0.4, -0.2) is 36.2 Å². The molecule has 1 heterocycles. The topological polar surface area (TPSA) is 101 Å². The maximum Gasteiger partial charge on any atom is 0.260 e. The molecule has 0 amide bonds. The molecule has 0 unspecified atom stereocenters. The van der Waals surface area contributed by atoms with Gasteiger partial charge in [0.05, 0.1) is 0 Å². The van der Waals surface area contributed by atoms with Gasteiger partial charge in [-0.2, -0.15) is 16.9 Å². The maximum atomic E-state index is 12.4. The highest BCUT2D eigenvalue weighted by Gasteiger charge is 2.35. The first-order chi connectivity index (χ1) is 9.44. The Hall–Kier alpha value is -0.570. The first-order valence-corrected chi connectivity index (χ1v) is 9.44. The number of hydrogen-bond acceptors (Lipinski definition) is 5.